The van der Waals surface area contributed by atoms with Crippen molar-refractivity contribution in [3.05, 3.63) is 29.7 Å². The monoisotopic (exact) mass is 259 g/mol. The smallest absolute Gasteiger partial charge is 0.230 e. The first kappa shape index (κ1) is 11.2. The van der Waals surface area contributed by atoms with Crippen LogP contribution in [0.4, 0.5) is 0 Å². The van der Waals surface area contributed by atoms with E-state index in [4.69, 9.17) is 4.42 Å². The minimum Gasteiger partial charge on any atom is -0.424 e. The fourth-order valence-corrected chi connectivity index (χ4v) is 2.49. The molecule has 0 radical (unpaired) electrons. The topological polar surface area (TPSA) is 60.0 Å². The van der Waals surface area contributed by atoms with E-state index >= 15 is 0 Å². The number of nitrogens with zero attached hydrogens (tertiary/aromatic N) is 5. The number of hydrogen-bond acceptors (Lipinski definition) is 5. The molecule has 6 heteroatoms. The molecule has 2 aliphatic rings. The first-order chi connectivity index (χ1) is 9.28. The van der Waals surface area contributed by atoms with Crippen molar-refractivity contribution in [2.24, 2.45) is 0 Å². The summed E-state index contributed by atoms with van der Waals surface area (Å²) in [5, 5.41) is 12.6. The van der Waals surface area contributed by atoms with Crippen molar-refractivity contribution in [1.82, 2.24) is 24.9 Å². The Balaban J connectivity index is 1.33. The van der Waals surface area contributed by atoms with Crippen LogP contribution in [0.1, 0.15) is 42.1 Å². The second-order valence-corrected chi connectivity index (χ2v) is 5.65. The van der Waals surface area contributed by atoms with Crippen LogP contribution >= 0.6 is 0 Å². The highest BCUT2D eigenvalue weighted by molar-refractivity contribution is 5.03. The van der Waals surface area contributed by atoms with Crippen LogP contribution in [0.2, 0.25) is 0 Å². The summed E-state index contributed by atoms with van der Waals surface area (Å²) < 4.78 is 7.72. The third kappa shape index (κ3) is 2.16. The van der Waals surface area contributed by atoms with Crippen molar-refractivity contribution >= 4 is 0 Å². The largest absolute Gasteiger partial charge is 0.424 e. The summed E-state index contributed by atoms with van der Waals surface area (Å²) in [4.78, 5) is 2.31. The van der Waals surface area contributed by atoms with Gasteiger partial charge in [-0.3, -0.25) is 9.58 Å². The molecule has 4 rings (SSSR count). The molecule has 2 aromatic rings. The van der Waals surface area contributed by atoms with Crippen LogP contribution in [0, 0.1) is 6.92 Å². The molecule has 0 atom stereocenters. The Kier molecular flexibility index (Phi) is 2.44. The van der Waals surface area contributed by atoms with Gasteiger partial charge in [0.2, 0.25) is 11.8 Å². The van der Waals surface area contributed by atoms with Gasteiger partial charge in [0.25, 0.3) is 0 Å². The average molecular weight is 259 g/mol. The van der Waals surface area contributed by atoms with Gasteiger partial charge in [-0.05, 0) is 25.3 Å². The summed E-state index contributed by atoms with van der Waals surface area (Å²) in [7, 11) is 0. The highest BCUT2D eigenvalue weighted by Gasteiger charge is 2.32. The molecule has 19 heavy (non-hydrogen) atoms. The van der Waals surface area contributed by atoms with Crippen molar-refractivity contribution in [3.63, 3.8) is 0 Å². The maximum atomic E-state index is 5.67. The Hall–Kier alpha value is -1.69. The Labute approximate surface area is 111 Å². The zero-order valence-electron chi connectivity index (χ0n) is 11.0. The lowest BCUT2D eigenvalue weighted by Gasteiger charge is -2.38. The molecule has 0 N–H and O–H groups in total. The van der Waals surface area contributed by atoms with Crippen molar-refractivity contribution < 1.29 is 4.42 Å². The average Bonchev–Trinajstić information content (AvgIpc) is 2.94. The van der Waals surface area contributed by atoms with Gasteiger partial charge in [-0.2, -0.15) is 5.10 Å². The molecule has 3 heterocycles. The van der Waals surface area contributed by atoms with E-state index < -0.39 is 0 Å². The molecule has 0 spiro atoms. The fourth-order valence-electron chi connectivity index (χ4n) is 2.49. The van der Waals surface area contributed by atoms with E-state index in [9.17, 15) is 0 Å². The summed E-state index contributed by atoms with van der Waals surface area (Å²) in [5.74, 6) is 2.12. The minimum atomic E-state index is 0.486. The second kappa shape index (κ2) is 4.16. The Morgan fingerprint density at radius 3 is 2.84 bits per heavy atom. The van der Waals surface area contributed by atoms with Crippen LogP contribution in [0.5, 0.6) is 0 Å². The Bertz CT molecular complexity index is 579. The number of aromatic nitrogens is 4. The molecule has 1 saturated heterocycles. The standard InChI is InChI=1S/C13H17N5O/c1-9-4-14-18(5-9)11-6-17(7-11)8-12-15-16-13(19-12)10-2-3-10/h4-5,10-11H,2-3,6-8H2,1H3. The fraction of sp³-hybridized carbons (Fsp3) is 0.615. The molecule has 2 fully saturated rings. The van der Waals surface area contributed by atoms with Crippen LogP contribution < -0.4 is 0 Å². The van der Waals surface area contributed by atoms with Gasteiger partial charge in [0.1, 0.15) is 0 Å². The van der Waals surface area contributed by atoms with E-state index in [-0.39, 0.29) is 0 Å². The van der Waals surface area contributed by atoms with Gasteiger partial charge >= 0.3 is 0 Å². The lowest BCUT2D eigenvalue weighted by atomic mass is 10.1. The number of rotatable bonds is 4. The van der Waals surface area contributed by atoms with Gasteiger partial charge < -0.3 is 4.42 Å². The lowest BCUT2D eigenvalue weighted by molar-refractivity contribution is 0.0810. The molecule has 0 amide bonds. The quantitative estimate of drug-likeness (QED) is 0.833. The first-order valence-corrected chi connectivity index (χ1v) is 6.83. The summed E-state index contributed by atoms with van der Waals surface area (Å²) in [5.41, 5.74) is 1.21. The third-order valence-electron chi connectivity index (χ3n) is 3.81. The Morgan fingerprint density at radius 2 is 2.16 bits per heavy atom. The molecular weight excluding hydrogens is 242 g/mol. The van der Waals surface area contributed by atoms with Gasteiger partial charge in [-0.25, -0.2) is 0 Å². The highest BCUT2D eigenvalue weighted by Crippen LogP contribution is 2.39. The van der Waals surface area contributed by atoms with Crippen LogP contribution in [-0.4, -0.2) is 38.0 Å². The number of hydrogen-bond donors (Lipinski definition) is 0. The number of likely N-dealkylation sites (tertiary alicyclic amines) is 1. The summed E-state index contributed by atoms with van der Waals surface area (Å²) >= 11 is 0. The van der Waals surface area contributed by atoms with Gasteiger partial charge in [-0.1, -0.05) is 0 Å². The minimum absolute atomic E-state index is 0.486. The van der Waals surface area contributed by atoms with Gasteiger partial charge in [0.05, 0.1) is 18.8 Å². The molecule has 100 valence electrons. The van der Waals surface area contributed by atoms with Crippen molar-refractivity contribution in [2.45, 2.75) is 38.3 Å². The SMILES string of the molecule is Cc1cnn(C2CN(Cc3nnc(C4CC4)o3)C2)c1. The van der Waals surface area contributed by atoms with Crippen LogP contribution in [0.15, 0.2) is 16.8 Å². The zero-order valence-corrected chi connectivity index (χ0v) is 11.0. The molecule has 1 aliphatic carbocycles. The molecule has 0 bridgehead atoms. The predicted octanol–water partition coefficient (Wildman–Crippen LogP) is 1.51. The lowest BCUT2D eigenvalue weighted by Crippen LogP contribution is -2.47. The summed E-state index contributed by atoms with van der Waals surface area (Å²) in [6.07, 6.45) is 6.40. The molecule has 2 aromatic heterocycles. The van der Waals surface area contributed by atoms with Gasteiger partial charge in [0, 0.05) is 25.2 Å². The van der Waals surface area contributed by atoms with Crippen LogP contribution in [-0.2, 0) is 6.54 Å². The van der Waals surface area contributed by atoms with E-state index in [0.29, 0.717) is 12.0 Å². The molecule has 0 aromatic carbocycles. The maximum Gasteiger partial charge on any atom is 0.230 e. The summed E-state index contributed by atoms with van der Waals surface area (Å²) in [6.45, 7) is 4.83. The van der Waals surface area contributed by atoms with Crippen LogP contribution in [0.25, 0.3) is 0 Å². The number of aryl methyl sites for hydroxylation is 1. The van der Waals surface area contributed by atoms with Crippen molar-refractivity contribution in [3.8, 4) is 0 Å². The molecule has 6 nitrogen and oxygen atoms in total. The second-order valence-electron chi connectivity index (χ2n) is 5.65. The molecular formula is C13H17N5O. The van der Waals surface area contributed by atoms with E-state index in [1.807, 2.05) is 6.20 Å². The van der Waals surface area contributed by atoms with E-state index in [0.717, 1.165) is 31.4 Å². The van der Waals surface area contributed by atoms with Crippen molar-refractivity contribution in [2.75, 3.05) is 13.1 Å². The van der Waals surface area contributed by atoms with Crippen LogP contribution in [0.3, 0.4) is 0 Å². The normalized spacial score (nSPS) is 20.7. The Morgan fingerprint density at radius 1 is 1.32 bits per heavy atom. The third-order valence-corrected chi connectivity index (χ3v) is 3.81. The summed E-state index contributed by atoms with van der Waals surface area (Å²) in [6, 6.07) is 0.486. The molecule has 1 saturated carbocycles. The van der Waals surface area contributed by atoms with Gasteiger partial charge in [-0.15, -0.1) is 10.2 Å². The van der Waals surface area contributed by atoms with Crippen molar-refractivity contribution in [1.29, 1.82) is 0 Å². The maximum absolute atomic E-state index is 5.67. The van der Waals surface area contributed by atoms with E-state index in [2.05, 4.69) is 38.0 Å². The van der Waals surface area contributed by atoms with E-state index in [1.165, 1.54) is 18.4 Å². The first-order valence-electron chi connectivity index (χ1n) is 6.83. The molecule has 1 aliphatic heterocycles. The van der Waals surface area contributed by atoms with E-state index in [1.54, 1.807) is 0 Å². The highest BCUT2D eigenvalue weighted by atomic mass is 16.4. The zero-order chi connectivity index (χ0) is 12.8. The predicted molar refractivity (Wildman–Crippen MR) is 67.6 cm³/mol. The molecule has 0 unspecified atom stereocenters. The van der Waals surface area contributed by atoms with Gasteiger partial charge in [0.15, 0.2) is 0 Å².